The van der Waals surface area contributed by atoms with Gasteiger partial charge < -0.3 is 14.6 Å². The number of hydrogen-bond acceptors (Lipinski definition) is 4. The monoisotopic (exact) mass is 303 g/mol. The number of hydrogen-bond donors (Lipinski definition) is 1. The van der Waals surface area contributed by atoms with E-state index in [4.69, 9.17) is 4.74 Å². The normalized spacial score (nSPS) is 18.0. The number of benzene rings is 1. The predicted molar refractivity (Wildman–Crippen MR) is 88.2 cm³/mol. The van der Waals surface area contributed by atoms with Crippen molar-refractivity contribution in [2.45, 2.75) is 46.0 Å². The third-order valence-electron chi connectivity index (χ3n) is 4.90. The van der Waals surface area contributed by atoms with Crippen LogP contribution in [0.2, 0.25) is 6.82 Å². The Kier molecular flexibility index (Phi) is 6.03. The highest BCUT2D eigenvalue weighted by atomic mass is 16.5. The second-order valence-corrected chi connectivity index (χ2v) is 6.34. The first-order valence-electron chi connectivity index (χ1n) is 8.16. The highest BCUT2D eigenvalue weighted by Crippen LogP contribution is 2.38. The van der Waals surface area contributed by atoms with Crippen molar-refractivity contribution in [3.8, 4) is 0 Å². The van der Waals surface area contributed by atoms with Gasteiger partial charge in [-0.2, -0.15) is 0 Å². The van der Waals surface area contributed by atoms with Gasteiger partial charge >= 0.3 is 13.0 Å². The summed E-state index contributed by atoms with van der Waals surface area (Å²) in [5, 5.41) is 9.65. The van der Waals surface area contributed by atoms with Crippen molar-refractivity contribution in [2.24, 2.45) is 5.41 Å². The van der Waals surface area contributed by atoms with E-state index < -0.39 is 7.05 Å². The van der Waals surface area contributed by atoms with Crippen LogP contribution in [0.3, 0.4) is 0 Å². The maximum Gasteiger partial charge on any atom is 0.376 e. The van der Waals surface area contributed by atoms with Gasteiger partial charge in [-0.3, -0.25) is 4.79 Å². The summed E-state index contributed by atoms with van der Waals surface area (Å²) in [6.45, 7) is 5.98. The van der Waals surface area contributed by atoms with Crippen molar-refractivity contribution in [2.75, 3.05) is 13.1 Å². The maximum atomic E-state index is 12.2. The number of nitrogens with zero attached hydrogens (tertiary/aromatic N) is 1. The average molecular weight is 303 g/mol. The Balaban J connectivity index is 1.83. The fourth-order valence-electron chi connectivity index (χ4n) is 3.12. The molecule has 1 aliphatic heterocycles. The molecule has 0 aromatic heterocycles. The van der Waals surface area contributed by atoms with E-state index in [0.29, 0.717) is 13.0 Å². The molecule has 0 atom stereocenters. The summed E-state index contributed by atoms with van der Waals surface area (Å²) >= 11 is 0. The Morgan fingerprint density at radius 1 is 1.32 bits per heavy atom. The molecule has 1 heterocycles. The smallest absolute Gasteiger partial charge is 0.376 e. The highest BCUT2D eigenvalue weighted by Gasteiger charge is 2.36. The topological polar surface area (TPSA) is 49.8 Å². The minimum Gasteiger partial charge on any atom is -0.461 e. The van der Waals surface area contributed by atoms with Crippen LogP contribution in [0.15, 0.2) is 30.3 Å². The lowest BCUT2D eigenvalue weighted by atomic mass is 9.70. The Labute approximate surface area is 133 Å². The molecule has 1 aromatic rings. The van der Waals surface area contributed by atoms with E-state index in [9.17, 15) is 9.82 Å². The molecule has 1 N–H and O–H groups in total. The van der Waals surface area contributed by atoms with Crippen LogP contribution in [0.4, 0.5) is 0 Å². The Morgan fingerprint density at radius 2 is 1.95 bits per heavy atom. The van der Waals surface area contributed by atoms with Crippen LogP contribution in [-0.2, 0) is 16.1 Å². The van der Waals surface area contributed by atoms with Gasteiger partial charge in [0.1, 0.15) is 6.61 Å². The third-order valence-corrected chi connectivity index (χ3v) is 4.90. The summed E-state index contributed by atoms with van der Waals surface area (Å²) in [5.74, 6) is -0.115. The molecule has 1 saturated heterocycles. The van der Waals surface area contributed by atoms with Gasteiger partial charge in [-0.25, -0.2) is 0 Å². The van der Waals surface area contributed by atoms with Crippen LogP contribution >= 0.6 is 0 Å². The lowest BCUT2D eigenvalue weighted by molar-refractivity contribution is -0.148. The number of carbonyl (C=O) groups is 1. The van der Waals surface area contributed by atoms with Crippen LogP contribution in [0, 0.1) is 5.41 Å². The summed E-state index contributed by atoms with van der Waals surface area (Å²) in [4.78, 5) is 14.2. The molecule has 1 fully saturated rings. The summed E-state index contributed by atoms with van der Waals surface area (Å²) < 4.78 is 5.43. The van der Waals surface area contributed by atoms with Crippen LogP contribution in [0.25, 0.3) is 0 Å². The predicted octanol–water partition coefficient (Wildman–Crippen LogP) is 2.72. The number of rotatable bonds is 6. The SMILES string of the molecule is CCC1(CC(=O)OCc2ccccc2)CCN(B(C)O)CC1. The fourth-order valence-corrected chi connectivity index (χ4v) is 3.12. The third kappa shape index (κ3) is 4.58. The molecule has 4 nitrogen and oxygen atoms in total. The summed E-state index contributed by atoms with van der Waals surface area (Å²) in [6.07, 6.45) is 3.33. The van der Waals surface area contributed by atoms with E-state index >= 15 is 0 Å². The van der Waals surface area contributed by atoms with Gasteiger partial charge in [0.15, 0.2) is 0 Å². The van der Waals surface area contributed by atoms with Crippen LogP contribution in [0.1, 0.15) is 38.2 Å². The Hall–Kier alpha value is -1.33. The molecule has 0 aliphatic carbocycles. The zero-order chi connectivity index (χ0) is 16.0. The maximum absolute atomic E-state index is 12.2. The van der Waals surface area contributed by atoms with Gasteiger partial charge in [-0.15, -0.1) is 0 Å². The number of piperidine rings is 1. The van der Waals surface area contributed by atoms with E-state index in [1.807, 2.05) is 30.3 Å². The van der Waals surface area contributed by atoms with Crippen molar-refractivity contribution in [1.29, 1.82) is 0 Å². The molecule has 0 spiro atoms. The van der Waals surface area contributed by atoms with E-state index in [1.54, 1.807) is 6.82 Å². The van der Waals surface area contributed by atoms with Crippen molar-refractivity contribution >= 4 is 13.0 Å². The summed E-state index contributed by atoms with van der Waals surface area (Å²) in [6, 6.07) is 9.77. The summed E-state index contributed by atoms with van der Waals surface area (Å²) in [5.41, 5.74) is 1.05. The largest absolute Gasteiger partial charge is 0.461 e. The minimum absolute atomic E-state index is 0.0269. The quantitative estimate of drug-likeness (QED) is 0.648. The summed E-state index contributed by atoms with van der Waals surface area (Å²) in [7, 11) is -0.403. The number of esters is 1. The first kappa shape index (κ1) is 17.0. The molecular formula is C17H26BNO3. The van der Waals surface area contributed by atoms with Crippen molar-refractivity contribution in [3.05, 3.63) is 35.9 Å². The van der Waals surface area contributed by atoms with E-state index in [0.717, 1.165) is 37.9 Å². The van der Waals surface area contributed by atoms with Crippen LogP contribution in [0.5, 0.6) is 0 Å². The van der Waals surface area contributed by atoms with Gasteiger partial charge in [0.2, 0.25) is 0 Å². The Bertz CT molecular complexity index is 470. The van der Waals surface area contributed by atoms with Gasteiger partial charge in [-0.05, 0) is 50.2 Å². The lowest BCUT2D eigenvalue weighted by Gasteiger charge is -2.41. The van der Waals surface area contributed by atoms with E-state index in [-0.39, 0.29) is 11.4 Å². The molecule has 0 bridgehead atoms. The molecule has 0 amide bonds. The minimum atomic E-state index is -0.403. The van der Waals surface area contributed by atoms with Gasteiger partial charge in [0.25, 0.3) is 0 Å². The van der Waals surface area contributed by atoms with Gasteiger partial charge in [0.05, 0.1) is 6.42 Å². The molecule has 5 heteroatoms. The number of ether oxygens (including phenoxy) is 1. The first-order chi connectivity index (χ1) is 10.5. The van der Waals surface area contributed by atoms with Crippen molar-refractivity contribution in [1.82, 2.24) is 4.81 Å². The number of carbonyl (C=O) groups excluding carboxylic acids is 1. The standard InChI is InChI=1S/C17H26BNO3/c1-3-17(9-11-19(12-10-17)18(2)21)13-16(20)22-14-15-7-5-4-6-8-15/h4-8,21H,3,9-14H2,1-2H3. The molecule has 0 unspecified atom stereocenters. The van der Waals surface area contributed by atoms with E-state index in [2.05, 4.69) is 11.7 Å². The molecular weight excluding hydrogens is 277 g/mol. The van der Waals surface area contributed by atoms with Crippen LogP contribution < -0.4 is 0 Å². The molecule has 120 valence electrons. The molecule has 1 aliphatic rings. The first-order valence-corrected chi connectivity index (χ1v) is 8.16. The zero-order valence-corrected chi connectivity index (χ0v) is 13.6. The Morgan fingerprint density at radius 3 is 2.50 bits per heavy atom. The lowest BCUT2D eigenvalue weighted by Crippen LogP contribution is -2.47. The second-order valence-electron chi connectivity index (χ2n) is 6.34. The van der Waals surface area contributed by atoms with Crippen molar-refractivity contribution in [3.63, 3.8) is 0 Å². The molecule has 0 saturated carbocycles. The molecule has 1 aromatic carbocycles. The van der Waals surface area contributed by atoms with E-state index in [1.165, 1.54) is 0 Å². The fraction of sp³-hybridized carbons (Fsp3) is 0.588. The van der Waals surface area contributed by atoms with Gasteiger partial charge in [-0.1, -0.05) is 37.3 Å². The highest BCUT2D eigenvalue weighted by molar-refractivity contribution is 6.45. The molecule has 22 heavy (non-hydrogen) atoms. The molecule has 0 radical (unpaired) electrons. The average Bonchev–Trinajstić information content (AvgIpc) is 2.54. The van der Waals surface area contributed by atoms with Gasteiger partial charge in [0, 0.05) is 0 Å². The molecule has 2 rings (SSSR count). The van der Waals surface area contributed by atoms with Crippen LogP contribution in [-0.4, -0.2) is 35.9 Å². The second kappa shape index (κ2) is 7.79. The zero-order valence-electron chi connectivity index (χ0n) is 13.6. The van der Waals surface area contributed by atoms with Crippen molar-refractivity contribution < 1.29 is 14.6 Å².